The van der Waals surface area contributed by atoms with E-state index in [9.17, 15) is 14.9 Å². The SMILES string of the molecule is COC(=O)CN(C(=O)OC(C)(C)C)[C@H]1CCc2c(-c3noc(-c4ccc(OC(C)C)c(C#N)c4)n3)cccc21. The predicted octanol–water partition coefficient (Wildman–Crippen LogP) is 5.46. The third-order valence-electron chi connectivity index (χ3n) is 6.15. The average molecular weight is 533 g/mol. The van der Waals surface area contributed by atoms with Crippen molar-refractivity contribution in [1.29, 1.82) is 5.26 Å². The molecule has 4 rings (SSSR count). The molecule has 3 aromatic rings. The first-order valence-corrected chi connectivity index (χ1v) is 12.7. The van der Waals surface area contributed by atoms with Crippen LogP contribution in [0.1, 0.15) is 63.8 Å². The van der Waals surface area contributed by atoms with Crippen molar-refractivity contribution >= 4 is 12.1 Å². The molecule has 0 unspecified atom stereocenters. The summed E-state index contributed by atoms with van der Waals surface area (Å²) in [5, 5.41) is 13.8. The van der Waals surface area contributed by atoms with E-state index in [1.807, 2.05) is 32.0 Å². The van der Waals surface area contributed by atoms with E-state index in [1.54, 1.807) is 39.0 Å². The third-order valence-corrected chi connectivity index (χ3v) is 6.15. The molecule has 0 saturated heterocycles. The Morgan fingerprint density at radius 3 is 2.67 bits per heavy atom. The summed E-state index contributed by atoms with van der Waals surface area (Å²) >= 11 is 0. The quantitative estimate of drug-likeness (QED) is 0.364. The van der Waals surface area contributed by atoms with E-state index in [2.05, 4.69) is 16.2 Å². The number of hydrogen-bond donors (Lipinski definition) is 0. The fraction of sp³-hybridized carbons (Fsp3) is 0.414. The number of carbonyl (C=O) groups excluding carboxylic acids is 2. The number of esters is 1. The molecule has 0 N–H and O–H groups in total. The first-order chi connectivity index (χ1) is 18.5. The lowest BCUT2D eigenvalue weighted by Crippen LogP contribution is -2.41. The first kappa shape index (κ1) is 27.6. The lowest BCUT2D eigenvalue weighted by molar-refractivity contribution is -0.142. The molecular formula is C29H32N4O6. The topological polar surface area (TPSA) is 128 Å². The van der Waals surface area contributed by atoms with Crippen molar-refractivity contribution in [2.24, 2.45) is 0 Å². The van der Waals surface area contributed by atoms with Crippen LogP contribution in [0.4, 0.5) is 4.79 Å². The van der Waals surface area contributed by atoms with Crippen molar-refractivity contribution in [3.05, 3.63) is 53.1 Å². The third kappa shape index (κ3) is 6.20. The molecule has 0 spiro atoms. The Kier molecular flexibility index (Phi) is 7.90. The second-order valence-electron chi connectivity index (χ2n) is 10.5. The number of nitrogens with zero attached hydrogens (tertiary/aromatic N) is 4. The standard InChI is InChI=1S/C29H32N4O6/c1-17(2)37-24-13-10-18(14-19(24)15-30)27-31-26(32-39-27)22-9-7-8-21-20(22)11-12-23(21)33(16-25(34)36-6)28(35)38-29(3,4)5/h7-10,13-14,17,23H,11-12,16H2,1-6H3/t23-/m0/s1. The summed E-state index contributed by atoms with van der Waals surface area (Å²) in [6, 6.07) is 12.6. The van der Waals surface area contributed by atoms with Gasteiger partial charge >= 0.3 is 12.1 Å². The molecule has 0 aliphatic heterocycles. The van der Waals surface area contributed by atoms with Crippen molar-refractivity contribution in [3.8, 4) is 34.7 Å². The zero-order valence-corrected chi connectivity index (χ0v) is 23.0. The zero-order chi connectivity index (χ0) is 28.3. The molecule has 1 aliphatic carbocycles. The Labute approximate surface area is 227 Å². The second-order valence-corrected chi connectivity index (χ2v) is 10.5. The number of ether oxygens (including phenoxy) is 3. The van der Waals surface area contributed by atoms with Crippen LogP contribution in [-0.2, 0) is 20.7 Å². The normalized spacial score (nSPS) is 14.5. The smallest absolute Gasteiger partial charge is 0.411 e. The molecule has 39 heavy (non-hydrogen) atoms. The maximum atomic E-state index is 13.1. The number of hydrogen-bond acceptors (Lipinski definition) is 9. The molecule has 0 radical (unpaired) electrons. The fourth-order valence-electron chi connectivity index (χ4n) is 4.55. The Morgan fingerprint density at radius 2 is 2.00 bits per heavy atom. The van der Waals surface area contributed by atoms with Gasteiger partial charge < -0.3 is 18.7 Å². The number of rotatable bonds is 7. The summed E-state index contributed by atoms with van der Waals surface area (Å²) in [7, 11) is 1.29. The number of methoxy groups -OCH3 is 1. The van der Waals surface area contributed by atoms with E-state index in [0.717, 1.165) is 16.7 Å². The van der Waals surface area contributed by atoms with Crippen molar-refractivity contribution in [2.75, 3.05) is 13.7 Å². The first-order valence-electron chi connectivity index (χ1n) is 12.7. The average Bonchev–Trinajstić information content (AvgIpc) is 3.53. The van der Waals surface area contributed by atoms with Gasteiger partial charge in [-0.25, -0.2) is 4.79 Å². The molecule has 1 amide bonds. The molecule has 0 bridgehead atoms. The largest absolute Gasteiger partial charge is 0.490 e. The zero-order valence-electron chi connectivity index (χ0n) is 23.0. The molecule has 1 aliphatic rings. The highest BCUT2D eigenvalue weighted by molar-refractivity contribution is 5.79. The number of fused-ring (bicyclic) bond motifs is 1. The van der Waals surface area contributed by atoms with E-state index < -0.39 is 17.7 Å². The minimum absolute atomic E-state index is 0.0687. The van der Waals surface area contributed by atoms with Gasteiger partial charge in [0.25, 0.3) is 5.89 Å². The number of benzene rings is 2. The van der Waals surface area contributed by atoms with Gasteiger partial charge in [-0.2, -0.15) is 10.2 Å². The summed E-state index contributed by atoms with van der Waals surface area (Å²) in [6.07, 6.45) is 0.577. The number of nitriles is 1. The van der Waals surface area contributed by atoms with Gasteiger partial charge in [0, 0.05) is 11.1 Å². The molecule has 0 fully saturated rings. The maximum Gasteiger partial charge on any atom is 0.411 e. The second kappa shape index (κ2) is 11.2. The Morgan fingerprint density at radius 1 is 1.23 bits per heavy atom. The monoisotopic (exact) mass is 532 g/mol. The van der Waals surface area contributed by atoms with Crippen LogP contribution in [0.3, 0.4) is 0 Å². The Bertz CT molecular complexity index is 1420. The van der Waals surface area contributed by atoms with Crippen LogP contribution in [0, 0.1) is 11.3 Å². The summed E-state index contributed by atoms with van der Waals surface area (Å²) in [4.78, 5) is 31.3. The van der Waals surface area contributed by atoms with E-state index in [4.69, 9.17) is 18.7 Å². The van der Waals surface area contributed by atoms with E-state index >= 15 is 0 Å². The highest BCUT2D eigenvalue weighted by atomic mass is 16.6. The Hall–Kier alpha value is -4.39. The van der Waals surface area contributed by atoms with Gasteiger partial charge in [0.2, 0.25) is 5.82 Å². The van der Waals surface area contributed by atoms with Gasteiger partial charge in [-0.3, -0.25) is 9.69 Å². The van der Waals surface area contributed by atoms with Crippen molar-refractivity contribution in [3.63, 3.8) is 0 Å². The molecule has 1 heterocycles. The van der Waals surface area contributed by atoms with Crippen molar-refractivity contribution < 1.29 is 28.3 Å². The summed E-state index contributed by atoms with van der Waals surface area (Å²) in [6.45, 7) is 8.89. The lowest BCUT2D eigenvalue weighted by Gasteiger charge is -2.31. The number of aromatic nitrogens is 2. The summed E-state index contributed by atoms with van der Waals surface area (Å²) < 4.78 is 21.7. The number of amides is 1. The maximum absolute atomic E-state index is 13.1. The molecule has 1 aromatic heterocycles. The van der Waals surface area contributed by atoms with E-state index in [0.29, 0.717) is 35.5 Å². The van der Waals surface area contributed by atoms with Gasteiger partial charge in [0.1, 0.15) is 24.0 Å². The summed E-state index contributed by atoms with van der Waals surface area (Å²) in [5.74, 6) is 0.616. The molecule has 10 heteroatoms. The van der Waals surface area contributed by atoms with Gasteiger partial charge in [-0.15, -0.1) is 0 Å². The molecular weight excluding hydrogens is 500 g/mol. The fourth-order valence-corrected chi connectivity index (χ4v) is 4.55. The molecule has 1 atom stereocenters. The minimum Gasteiger partial charge on any atom is -0.490 e. The molecule has 10 nitrogen and oxygen atoms in total. The van der Waals surface area contributed by atoms with Crippen LogP contribution >= 0.6 is 0 Å². The van der Waals surface area contributed by atoms with Gasteiger partial charge in [-0.05, 0) is 76.8 Å². The van der Waals surface area contributed by atoms with Crippen LogP contribution in [0.15, 0.2) is 40.9 Å². The summed E-state index contributed by atoms with van der Waals surface area (Å²) in [5.41, 5.74) is 2.87. The van der Waals surface area contributed by atoms with Crippen LogP contribution in [0.25, 0.3) is 22.8 Å². The minimum atomic E-state index is -0.722. The molecule has 2 aromatic carbocycles. The van der Waals surface area contributed by atoms with Crippen LogP contribution < -0.4 is 4.74 Å². The Balaban J connectivity index is 1.65. The van der Waals surface area contributed by atoms with Gasteiger partial charge in [-0.1, -0.05) is 23.4 Å². The van der Waals surface area contributed by atoms with Crippen molar-refractivity contribution in [1.82, 2.24) is 15.0 Å². The molecule has 0 saturated carbocycles. The van der Waals surface area contributed by atoms with Crippen LogP contribution in [0.2, 0.25) is 0 Å². The number of carbonyl (C=O) groups is 2. The van der Waals surface area contributed by atoms with E-state index in [-0.39, 0.29) is 24.6 Å². The van der Waals surface area contributed by atoms with Crippen molar-refractivity contribution in [2.45, 2.75) is 65.2 Å². The van der Waals surface area contributed by atoms with Gasteiger partial charge in [0.15, 0.2) is 0 Å². The van der Waals surface area contributed by atoms with E-state index in [1.165, 1.54) is 12.0 Å². The highest BCUT2D eigenvalue weighted by Gasteiger charge is 2.36. The van der Waals surface area contributed by atoms with Gasteiger partial charge in [0.05, 0.1) is 24.8 Å². The predicted molar refractivity (Wildman–Crippen MR) is 142 cm³/mol. The lowest BCUT2D eigenvalue weighted by atomic mass is 10.0. The van der Waals surface area contributed by atoms with Crippen LogP contribution in [-0.4, -0.2) is 52.5 Å². The highest BCUT2D eigenvalue weighted by Crippen LogP contribution is 2.41. The molecule has 204 valence electrons. The van der Waals surface area contributed by atoms with Crippen LogP contribution in [0.5, 0.6) is 5.75 Å².